The Morgan fingerprint density at radius 3 is 2.10 bits per heavy atom. The molecule has 0 aliphatic heterocycles. The number of rotatable bonds is 4. The van der Waals surface area contributed by atoms with Crippen molar-refractivity contribution >= 4 is 6.09 Å². The number of ether oxygens (including phenoxy) is 1. The molecule has 20 heavy (non-hydrogen) atoms. The Kier molecular flexibility index (Phi) is 5.03. The summed E-state index contributed by atoms with van der Waals surface area (Å²) in [5.41, 5.74) is -0.464. The lowest BCUT2D eigenvalue weighted by Gasteiger charge is -2.25. The molecule has 0 aliphatic carbocycles. The van der Waals surface area contributed by atoms with Gasteiger partial charge >= 0.3 is 12.3 Å². The number of benzene rings is 1. The molecule has 0 bridgehead atoms. The summed E-state index contributed by atoms with van der Waals surface area (Å²) in [6.45, 7) is 5.91. The first-order chi connectivity index (χ1) is 9.16. The van der Waals surface area contributed by atoms with Crippen molar-refractivity contribution in [3.63, 3.8) is 0 Å². The fourth-order valence-electron chi connectivity index (χ4n) is 1.69. The highest BCUT2D eigenvalue weighted by Gasteiger charge is 2.31. The topological polar surface area (TPSA) is 38.3 Å². The minimum atomic E-state index is -4.34. The van der Waals surface area contributed by atoms with Crippen LogP contribution in [0.25, 0.3) is 0 Å². The number of hydrogen-bond donors (Lipinski definition) is 1. The first-order valence-electron chi connectivity index (χ1n) is 6.25. The van der Waals surface area contributed by atoms with E-state index in [1.807, 2.05) is 13.8 Å². The Morgan fingerprint density at radius 1 is 1.15 bits per heavy atom. The van der Waals surface area contributed by atoms with E-state index in [0.29, 0.717) is 5.56 Å². The third kappa shape index (κ3) is 4.43. The molecular formula is C14H18F3NO2. The lowest BCUT2D eigenvalue weighted by Crippen LogP contribution is -2.37. The Morgan fingerprint density at radius 2 is 1.65 bits per heavy atom. The fraction of sp³-hybridized carbons (Fsp3) is 0.500. The van der Waals surface area contributed by atoms with Crippen molar-refractivity contribution in [3.05, 3.63) is 35.4 Å². The summed E-state index contributed by atoms with van der Waals surface area (Å²) in [7, 11) is 0. The summed E-state index contributed by atoms with van der Waals surface area (Å²) >= 11 is 0. The highest BCUT2D eigenvalue weighted by atomic mass is 19.4. The van der Waals surface area contributed by atoms with E-state index in [4.69, 9.17) is 4.74 Å². The Labute approximate surface area is 116 Å². The predicted octanol–water partition coefficient (Wildman–Crippen LogP) is 3.73. The molecular weight excluding hydrogens is 271 g/mol. The van der Waals surface area contributed by atoms with Gasteiger partial charge in [-0.3, -0.25) is 0 Å². The van der Waals surface area contributed by atoms with Crippen LogP contribution in [0, 0.1) is 0 Å². The van der Waals surface area contributed by atoms with Gasteiger partial charge in [0.15, 0.2) is 0 Å². The molecule has 1 amide bonds. The maximum Gasteiger partial charge on any atom is 0.416 e. The molecule has 1 aromatic rings. The van der Waals surface area contributed by atoms with Gasteiger partial charge in [0.1, 0.15) is 0 Å². The first kappa shape index (κ1) is 16.3. The lowest BCUT2D eigenvalue weighted by molar-refractivity contribution is -0.137. The van der Waals surface area contributed by atoms with Crippen LogP contribution in [-0.2, 0) is 16.3 Å². The molecule has 112 valence electrons. The third-order valence-electron chi connectivity index (χ3n) is 2.94. The van der Waals surface area contributed by atoms with Gasteiger partial charge < -0.3 is 10.1 Å². The second kappa shape index (κ2) is 6.15. The van der Waals surface area contributed by atoms with E-state index in [-0.39, 0.29) is 13.2 Å². The molecule has 0 saturated carbocycles. The van der Waals surface area contributed by atoms with E-state index in [1.54, 1.807) is 6.92 Å². The molecule has 0 atom stereocenters. The van der Waals surface area contributed by atoms with E-state index in [1.165, 1.54) is 12.1 Å². The zero-order chi connectivity index (χ0) is 15.4. The molecule has 0 aliphatic rings. The molecule has 6 heteroatoms. The Balaban J connectivity index is 2.75. The van der Waals surface area contributed by atoms with Gasteiger partial charge in [0.2, 0.25) is 0 Å². The van der Waals surface area contributed by atoms with E-state index in [2.05, 4.69) is 5.32 Å². The minimum absolute atomic E-state index is 0.270. The molecule has 3 nitrogen and oxygen atoms in total. The molecule has 1 aromatic carbocycles. The molecule has 0 unspecified atom stereocenters. The van der Waals surface area contributed by atoms with Gasteiger partial charge in [-0.15, -0.1) is 0 Å². The second-order valence-electron chi connectivity index (χ2n) is 5.03. The molecule has 1 rings (SSSR count). The largest absolute Gasteiger partial charge is 0.450 e. The van der Waals surface area contributed by atoms with Gasteiger partial charge in [-0.05, 0) is 24.6 Å². The number of halogens is 3. The van der Waals surface area contributed by atoms with Crippen molar-refractivity contribution in [3.8, 4) is 0 Å². The number of hydrogen-bond acceptors (Lipinski definition) is 2. The van der Waals surface area contributed by atoms with Gasteiger partial charge in [-0.2, -0.15) is 13.2 Å². The molecule has 0 radical (unpaired) electrons. The SMILES string of the molecule is CCOC(=O)NCC(C)(C)c1ccc(C(F)(F)F)cc1. The molecule has 0 heterocycles. The van der Waals surface area contributed by atoms with Crippen molar-refractivity contribution in [1.82, 2.24) is 5.32 Å². The summed E-state index contributed by atoms with van der Waals surface area (Å²) < 4.78 is 42.2. The van der Waals surface area contributed by atoms with Crippen molar-refractivity contribution in [2.24, 2.45) is 0 Å². The minimum Gasteiger partial charge on any atom is -0.450 e. The number of carbonyl (C=O) groups excluding carboxylic acids is 1. The van der Waals surface area contributed by atoms with Gasteiger partial charge in [0.25, 0.3) is 0 Å². The number of carbonyl (C=O) groups is 1. The van der Waals surface area contributed by atoms with E-state index in [9.17, 15) is 18.0 Å². The Bertz CT molecular complexity index is 452. The standard InChI is InChI=1S/C14H18F3NO2/c1-4-20-12(19)18-9-13(2,3)10-5-7-11(8-6-10)14(15,16)17/h5-8H,4,9H2,1-3H3,(H,18,19). The van der Waals surface area contributed by atoms with Crippen molar-refractivity contribution in [1.29, 1.82) is 0 Å². The quantitative estimate of drug-likeness (QED) is 0.917. The van der Waals surface area contributed by atoms with Crippen LogP contribution in [0.2, 0.25) is 0 Å². The van der Waals surface area contributed by atoms with Crippen LogP contribution in [0.15, 0.2) is 24.3 Å². The average Bonchev–Trinajstić information content (AvgIpc) is 2.36. The van der Waals surface area contributed by atoms with E-state index in [0.717, 1.165) is 12.1 Å². The highest BCUT2D eigenvalue weighted by Crippen LogP contribution is 2.31. The van der Waals surface area contributed by atoms with Crippen LogP contribution in [-0.4, -0.2) is 19.2 Å². The number of amides is 1. The summed E-state index contributed by atoms with van der Waals surface area (Å²) in [6, 6.07) is 4.94. The highest BCUT2D eigenvalue weighted by molar-refractivity contribution is 5.67. The number of nitrogens with one attached hydrogen (secondary N) is 1. The number of alkyl halides is 3. The van der Waals surface area contributed by atoms with Gasteiger partial charge in [0.05, 0.1) is 12.2 Å². The summed E-state index contributed by atoms with van der Waals surface area (Å²) in [6.07, 6.45) is -4.88. The molecule has 0 saturated heterocycles. The third-order valence-corrected chi connectivity index (χ3v) is 2.94. The van der Waals surface area contributed by atoms with Crippen molar-refractivity contribution in [2.75, 3.05) is 13.2 Å². The second-order valence-corrected chi connectivity index (χ2v) is 5.03. The average molecular weight is 289 g/mol. The van der Waals surface area contributed by atoms with Gasteiger partial charge in [-0.1, -0.05) is 26.0 Å². The zero-order valence-corrected chi connectivity index (χ0v) is 11.7. The zero-order valence-electron chi connectivity index (χ0n) is 11.7. The van der Waals surface area contributed by atoms with Crippen LogP contribution in [0.3, 0.4) is 0 Å². The summed E-state index contributed by atoms with van der Waals surface area (Å²) in [5.74, 6) is 0. The molecule has 0 fully saturated rings. The molecule has 1 N–H and O–H groups in total. The van der Waals surface area contributed by atoms with Crippen molar-refractivity contribution < 1.29 is 22.7 Å². The van der Waals surface area contributed by atoms with E-state index >= 15 is 0 Å². The maximum absolute atomic E-state index is 12.5. The van der Waals surface area contributed by atoms with Crippen LogP contribution in [0.1, 0.15) is 31.9 Å². The smallest absolute Gasteiger partial charge is 0.416 e. The van der Waals surface area contributed by atoms with Crippen LogP contribution < -0.4 is 5.32 Å². The summed E-state index contributed by atoms with van der Waals surface area (Å²) in [5, 5.41) is 2.58. The van der Waals surface area contributed by atoms with Crippen LogP contribution in [0.5, 0.6) is 0 Å². The van der Waals surface area contributed by atoms with E-state index < -0.39 is 23.2 Å². The monoisotopic (exact) mass is 289 g/mol. The normalized spacial score (nSPS) is 12.1. The Hall–Kier alpha value is -1.72. The van der Waals surface area contributed by atoms with Crippen LogP contribution >= 0.6 is 0 Å². The van der Waals surface area contributed by atoms with Gasteiger partial charge in [-0.25, -0.2) is 4.79 Å². The van der Waals surface area contributed by atoms with Crippen LogP contribution in [0.4, 0.5) is 18.0 Å². The predicted molar refractivity (Wildman–Crippen MR) is 69.5 cm³/mol. The maximum atomic E-state index is 12.5. The number of alkyl carbamates (subject to hydrolysis) is 1. The lowest BCUT2D eigenvalue weighted by atomic mass is 9.84. The summed E-state index contributed by atoms with van der Waals surface area (Å²) in [4.78, 5) is 11.2. The fourth-order valence-corrected chi connectivity index (χ4v) is 1.69. The molecule has 0 spiro atoms. The van der Waals surface area contributed by atoms with Crippen molar-refractivity contribution in [2.45, 2.75) is 32.4 Å². The van der Waals surface area contributed by atoms with Gasteiger partial charge in [0, 0.05) is 12.0 Å². The first-order valence-corrected chi connectivity index (χ1v) is 6.25. The molecule has 0 aromatic heterocycles.